The van der Waals surface area contributed by atoms with Crippen molar-refractivity contribution in [1.82, 2.24) is 14.9 Å². The molecular weight excluding hydrogens is 278 g/mol. The van der Waals surface area contributed by atoms with Gasteiger partial charge in [-0.05, 0) is 23.8 Å². The number of hydrogen-bond donors (Lipinski definition) is 1. The average Bonchev–Trinajstić information content (AvgIpc) is 2.75. The highest BCUT2D eigenvalue weighted by Crippen LogP contribution is 2.30. The molecule has 0 saturated heterocycles. The number of nitrogens with one attached hydrogen (secondary N) is 1. The monoisotopic (exact) mass is 295 g/mol. The summed E-state index contributed by atoms with van der Waals surface area (Å²) in [6.45, 7) is 5.08. The molecule has 0 spiro atoms. The predicted molar refractivity (Wildman–Crippen MR) is 80.8 cm³/mol. The topological polar surface area (TPSA) is 29.9 Å². The van der Waals surface area contributed by atoms with Crippen LogP contribution in [0.25, 0.3) is 0 Å². The third kappa shape index (κ3) is 4.00. The summed E-state index contributed by atoms with van der Waals surface area (Å²) in [4.78, 5) is 5.53. The summed E-state index contributed by atoms with van der Waals surface area (Å²) in [7, 11) is 2.00. The van der Waals surface area contributed by atoms with Gasteiger partial charge in [0.15, 0.2) is 5.16 Å². The van der Waals surface area contributed by atoms with E-state index in [2.05, 4.69) is 30.2 Å². The molecule has 0 amide bonds. The Labute approximate surface area is 123 Å². The van der Waals surface area contributed by atoms with Crippen molar-refractivity contribution in [3.8, 4) is 0 Å². The Hall–Kier alpha value is -0.970. The number of imidazole rings is 1. The van der Waals surface area contributed by atoms with Crippen molar-refractivity contribution in [3.63, 3.8) is 0 Å². The minimum atomic E-state index is 0.449. The van der Waals surface area contributed by atoms with E-state index in [1.165, 1.54) is 10.5 Å². The normalized spacial score (nSPS) is 11.2. The lowest BCUT2D eigenvalue weighted by molar-refractivity contribution is 0.584. The van der Waals surface area contributed by atoms with E-state index in [9.17, 15) is 0 Å². The van der Waals surface area contributed by atoms with E-state index < -0.39 is 0 Å². The summed E-state index contributed by atoms with van der Waals surface area (Å²) in [6.07, 6.45) is 3.76. The SMILES string of the molecule is CC(C)NCc1cc(Cl)ccc1Sc1nccn1C. The first-order valence-electron chi connectivity index (χ1n) is 6.23. The molecule has 1 N–H and O–H groups in total. The fraction of sp³-hybridized carbons (Fsp3) is 0.357. The van der Waals surface area contributed by atoms with Gasteiger partial charge in [0.25, 0.3) is 0 Å². The molecule has 3 nitrogen and oxygen atoms in total. The second-order valence-corrected chi connectivity index (χ2v) is 6.16. The van der Waals surface area contributed by atoms with Crippen LogP contribution in [0.5, 0.6) is 0 Å². The summed E-state index contributed by atoms with van der Waals surface area (Å²) >= 11 is 7.75. The van der Waals surface area contributed by atoms with Gasteiger partial charge < -0.3 is 9.88 Å². The van der Waals surface area contributed by atoms with Crippen molar-refractivity contribution in [2.75, 3.05) is 0 Å². The van der Waals surface area contributed by atoms with E-state index in [0.29, 0.717) is 6.04 Å². The first kappa shape index (κ1) is 14.4. The number of halogens is 1. The largest absolute Gasteiger partial charge is 0.329 e. The predicted octanol–water partition coefficient (Wildman–Crippen LogP) is 3.72. The molecule has 1 heterocycles. The maximum atomic E-state index is 6.09. The van der Waals surface area contributed by atoms with E-state index in [-0.39, 0.29) is 0 Å². The maximum Gasteiger partial charge on any atom is 0.172 e. The third-order valence-corrected chi connectivity index (χ3v) is 4.13. The molecular formula is C14H18ClN3S. The van der Waals surface area contributed by atoms with E-state index >= 15 is 0 Å². The number of hydrogen-bond acceptors (Lipinski definition) is 3. The number of aromatic nitrogens is 2. The molecule has 102 valence electrons. The molecule has 1 aromatic carbocycles. The van der Waals surface area contributed by atoms with Gasteiger partial charge in [-0.3, -0.25) is 0 Å². The Kier molecular flexibility index (Phi) is 4.91. The van der Waals surface area contributed by atoms with E-state index in [0.717, 1.165) is 16.7 Å². The van der Waals surface area contributed by atoms with Gasteiger partial charge in [0.1, 0.15) is 0 Å². The van der Waals surface area contributed by atoms with Gasteiger partial charge >= 0.3 is 0 Å². The minimum absolute atomic E-state index is 0.449. The van der Waals surface area contributed by atoms with Crippen LogP contribution < -0.4 is 5.32 Å². The fourth-order valence-electron chi connectivity index (χ4n) is 1.65. The standard InChI is InChI=1S/C14H18ClN3S/c1-10(2)17-9-11-8-12(15)4-5-13(11)19-14-16-6-7-18(14)3/h4-8,10,17H,9H2,1-3H3. The molecule has 19 heavy (non-hydrogen) atoms. The molecule has 0 radical (unpaired) electrons. The van der Waals surface area contributed by atoms with Gasteiger partial charge in [0, 0.05) is 41.9 Å². The van der Waals surface area contributed by atoms with Crippen LogP contribution in [0.4, 0.5) is 0 Å². The summed E-state index contributed by atoms with van der Waals surface area (Å²) < 4.78 is 2.01. The minimum Gasteiger partial charge on any atom is -0.329 e. The maximum absolute atomic E-state index is 6.09. The summed E-state index contributed by atoms with van der Waals surface area (Å²) in [5.41, 5.74) is 1.20. The lowest BCUT2D eigenvalue weighted by Crippen LogP contribution is -2.22. The summed E-state index contributed by atoms with van der Waals surface area (Å²) in [5.74, 6) is 0. The molecule has 2 rings (SSSR count). The van der Waals surface area contributed by atoms with Crippen LogP contribution in [-0.2, 0) is 13.6 Å². The molecule has 0 aliphatic carbocycles. The smallest absolute Gasteiger partial charge is 0.172 e. The zero-order valence-electron chi connectivity index (χ0n) is 11.4. The Bertz CT molecular complexity index is 551. The lowest BCUT2D eigenvalue weighted by atomic mass is 10.2. The molecule has 1 aromatic heterocycles. The highest BCUT2D eigenvalue weighted by Gasteiger charge is 2.09. The summed E-state index contributed by atoms with van der Waals surface area (Å²) in [5, 5.41) is 5.17. The highest BCUT2D eigenvalue weighted by atomic mass is 35.5. The van der Waals surface area contributed by atoms with Crippen LogP contribution in [0.3, 0.4) is 0 Å². The van der Waals surface area contributed by atoms with Crippen LogP contribution in [0.2, 0.25) is 5.02 Å². The van der Waals surface area contributed by atoms with Gasteiger partial charge in [-0.25, -0.2) is 4.98 Å². The zero-order valence-corrected chi connectivity index (χ0v) is 12.9. The van der Waals surface area contributed by atoms with Crippen molar-refractivity contribution < 1.29 is 0 Å². The number of aryl methyl sites for hydroxylation is 1. The third-order valence-electron chi connectivity index (χ3n) is 2.70. The van der Waals surface area contributed by atoms with Crippen LogP contribution in [0.15, 0.2) is 40.6 Å². The Morgan fingerprint density at radius 1 is 1.42 bits per heavy atom. The van der Waals surface area contributed by atoms with Crippen LogP contribution in [0.1, 0.15) is 19.4 Å². The van der Waals surface area contributed by atoms with E-state index in [4.69, 9.17) is 11.6 Å². The van der Waals surface area contributed by atoms with E-state index in [1.54, 1.807) is 11.8 Å². The van der Waals surface area contributed by atoms with Gasteiger partial charge in [-0.2, -0.15) is 0 Å². The van der Waals surface area contributed by atoms with E-state index in [1.807, 2.05) is 36.1 Å². The number of benzene rings is 1. The lowest BCUT2D eigenvalue weighted by Gasteiger charge is -2.12. The van der Waals surface area contributed by atoms with Crippen LogP contribution in [-0.4, -0.2) is 15.6 Å². The Morgan fingerprint density at radius 3 is 2.84 bits per heavy atom. The second kappa shape index (κ2) is 6.46. The summed E-state index contributed by atoms with van der Waals surface area (Å²) in [6, 6.07) is 6.44. The van der Waals surface area contributed by atoms with Crippen molar-refractivity contribution in [2.24, 2.45) is 7.05 Å². The molecule has 0 aliphatic rings. The Morgan fingerprint density at radius 2 is 2.21 bits per heavy atom. The van der Waals surface area contributed by atoms with Gasteiger partial charge in [0.2, 0.25) is 0 Å². The van der Waals surface area contributed by atoms with Crippen LogP contribution >= 0.6 is 23.4 Å². The molecule has 0 saturated carbocycles. The average molecular weight is 296 g/mol. The molecule has 0 unspecified atom stereocenters. The first-order valence-corrected chi connectivity index (χ1v) is 7.42. The zero-order chi connectivity index (χ0) is 13.8. The van der Waals surface area contributed by atoms with Crippen molar-refractivity contribution in [3.05, 3.63) is 41.2 Å². The molecule has 0 atom stereocenters. The molecule has 5 heteroatoms. The van der Waals surface area contributed by atoms with Gasteiger partial charge in [-0.1, -0.05) is 37.2 Å². The van der Waals surface area contributed by atoms with Crippen LogP contribution in [0, 0.1) is 0 Å². The quantitative estimate of drug-likeness (QED) is 0.912. The first-order chi connectivity index (χ1) is 9.06. The fourth-order valence-corrected chi connectivity index (χ4v) is 2.76. The molecule has 0 fully saturated rings. The van der Waals surface area contributed by atoms with Crippen molar-refractivity contribution >= 4 is 23.4 Å². The van der Waals surface area contributed by atoms with Gasteiger partial charge in [0.05, 0.1) is 0 Å². The number of rotatable bonds is 5. The number of nitrogens with zero attached hydrogens (tertiary/aromatic N) is 2. The van der Waals surface area contributed by atoms with Gasteiger partial charge in [-0.15, -0.1) is 0 Å². The molecule has 0 bridgehead atoms. The molecule has 2 aromatic rings. The molecule has 0 aliphatic heterocycles. The highest BCUT2D eigenvalue weighted by molar-refractivity contribution is 7.99. The van der Waals surface area contributed by atoms with Crippen molar-refractivity contribution in [1.29, 1.82) is 0 Å². The second-order valence-electron chi connectivity index (χ2n) is 4.71. The van der Waals surface area contributed by atoms with Crippen molar-refractivity contribution in [2.45, 2.75) is 36.5 Å². The Balaban J connectivity index is 2.21.